The van der Waals surface area contributed by atoms with Gasteiger partial charge in [0.2, 0.25) is 0 Å². The third-order valence-electron chi connectivity index (χ3n) is 1.57. The first-order valence-corrected chi connectivity index (χ1v) is 4.25. The number of rotatable bonds is 3. The van der Waals surface area contributed by atoms with Crippen LogP contribution in [0.4, 0.5) is 0 Å². The van der Waals surface area contributed by atoms with E-state index in [0.717, 1.165) is 24.5 Å². The third-order valence-corrected chi connectivity index (χ3v) is 1.57. The Bertz CT molecular complexity index is 178. The first-order chi connectivity index (χ1) is 5.57. The van der Waals surface area contributed by atoms with Crippen LogP contribution in [0, 0.1) is 0 Å². The molecule has 3 heteroatoms. The van der Waals surface area contributed by atoms with Crippen LogP contribution in [0.3, 0.4) is 0 Å². The van der Waals surface area contributed by atoms with E-state index in [1.165, 1.54) is 0 Å². The molecule has 0 aromatic carbocycles. The average Bonchev–Trinajstić information content (AvgIpc) is 2.00. The Labute approximate surface area is 75.0 Å². The molecular formula is C9H19N3. The third kappa shape index (κ3) is 4.77. The number of nitrogens with zero attached hydrogens (tertiary/aromatic N) is 2. The van der Waals surface area contributed by atoms with Crippen molar-refractivity contribution in [2.75, 3.05) is 13.6 Å². The zero-order valence-corrected chi connectivity index (χ0v) is 8.46. The van der Waals surface area contributed by atoms with E-state index in [2.05, 4.69) is 16.8 Å². The van der Waals surface area contributed by atoms with Crippen molar-refractivity contribution in [1.82, 2.24) is 4.90 Å². The summed E-state index contributed by atoms with van der Waals surface area (Å²) in [6.07, 6.45) is 2.82. The Balaban J connectivity index is 4.08. The lowest BCUT2D eigenvalue weighted by Crippen LogP contribution is -2.24. The molecule has 0 spiro atoms. The molecule has 0 unspecified atom stereocenters. The summed E-state index contributed by atoms with van der Waals surface area (Å²) in [6.45, 7) is 6.99. The highest BCUT2D eigenvalue weighted by atomic mass is 15.1. The second-order valence-corrected chi connectivity index (χ2v) is 2.97. The molecule has 0 rings (SSSR count). The molecule has 70 valence electrons. The number of nitrogens with two attached hydrogens (primary N) is 1. The molecule has 0 aromatic rings. The SMILES string of the molecule is CCCN(C)C(C)=N/C=C(\C)N. The van der Waals surface area contributed by atoms with Crippen LogP contribution in [0.25, 0.3) is 0 Å². The second-order valence-electron chi connectivity index (χ2n) is 2.97. The molecule has 0 aliphatic carbocycles. The minimum absolute atomic E-state index is 0.735. The fraction of sp³-hybridized carbons (Fsp3) is 0.667. The number of amidine groups is 1. The number of hydrogen-bond acceptors (Lipinski definition) is 2. The fourth-order valence-corrected chi connectivity index (χ4v) is 0.791. The van der Waals surface area contributed by atoms with Crippen LogP contribution in [0.15, 0.2) is 16.9 Å². The zero-order valence-electron chi connectivity index (χ0n) is 8.46. The van der Waals surface area contributed by atoms with Gasteiger partial charge in [0.1, 0.15) is 5.84 Å². The quantitative estimate of drug-likeness (QED) is 0.514. The maximum absolute atomic E-state index is 5.45. The number of aliphatic imine (C=N–C) groups is 1. The predicted octanol–water partition coefficient (Wildman–Crippen LogP) is 1.57. The van der Waals surface area contributed by atoms with Crippen LogP contribution < -0.4 is 5.73 Å². The lowest BCUT2D eigenvalue weighted by molar-refractivity contribution is 0.498. The number of hydrogen-bond donors (Lipinski definition) is 1. The maximum atomic E-state index is 5.45. The van der Waals surface area contributed by atoms with E-state index in [0.29, 0.717) is 0 Å². The standard InChI is InChI=1S/C9H19N3/c1-5-6-12(4)9(3)11-7-8(2)10/h7H,5-6,10H2,1-4H3/b8-7+,11-9?. The monoisotopic (exact) mass is 169 g/mol. The molecule has 12 heavy (non-hydrogen) atoms. The second kappa shape index (κ2) is 5.63. The summed E-state index contributed by atoms with van der Waals surface area (Å²) in [4.78, 5) is 6.31. The lowest BCUT2D eigenvalue weighted by Gasteiger charge is -2.16. The van der Waals surface area contributed by atoms with E-state index in [9.17, 15) is 0 Å². The van der Waals surface area contributed by atoms with Gasteiger partial charge in [0.05, 0.1) is 0 Å². The Hall–Kier alpha value is -0.990. The summed E-state index contributed by atoms with van der Waals surface area (Å²) in [5.74, 6) is 1.00. The molecule has 0 saturated carbocycles. The van der Waals surface area contributed by atoms with Crippen molar-refractivity contribution in [3.8, 4) is 0 Å². The van der Waals surface area contributed by atoms with Crippen molar-refractivity contribution in [1.29, 1.82) is 0 Å². The average molecular weight is 169 g/mol. The summed E-state index contributed by atoms with van der Waals surface area (Å²) in [5.41, 5.74) is 6.19. The van der Waals surface area contributed by atoms with E-state index in [-0.39, 0.29) is 0 Å². The Morgan fingerprint density at radius 3 is 2.50 bits per heavy atom. The van der Waals surface area contributed by atoms with Crippen molar-refractivity contribution in [2.45, 2.75) is 27.2 Å². The van der Waals surface area contributed by atoms with Gasteiger partial charge in [-0.1, -0.05) is 6.92 Å². The zero-order chi connectivity index (χ0) is 9.56. The number of allylic oxidation sites excluding steroid dienone is 1. The Kier molecular flexibility index (Phi) is 5.17. The van der Waals surface area contributed by atoms with Gasteiger partial charge in [-0.05, 0) is 20.3 Å². The highest BCUT2D eigenvalue weighted by molar-refractivity contribution is 5.79. The molecule has 0 fully saturated rings. The molecule has 0 bridgehead atoms. The van der Waals surface area contributed by atoms with Crippen molar-refractivity contribution in [2.24, 2.45) is 10.7 Å². The van der Waals surface area contributed by atoms with E-state index in [4.69, 9.17) is 5.73 Å². The van der Waals surface area contributed by atoms with Gasteiger partial charge < -0.3 is 10.6 Å². The molecule has 0 aliphatic heterocycles. The Morgan fingerprint density at radius 2 is 2.08 bits per heavy atom. The molecule has 0 atom stereocenters. The van der Waals surface area contributed by atoms with Crippen LogP contribution in [-0.4, -0.2) is 24.3 Å². The smallest absolute Gasteiger partial charge is 0.101 e. The van der Waals surface area contributed by atoms with Crippen LogP contribution in [0.2, 0.25) is 0 Å². The van der Waals surface area contributed by atoms with Crippen molar-refractivity contribution in [3.05, 3.63) is 11.9 Å². The minimum Gasteiger partial charge on any atom is -0.401 e. The molecule has 0 radical (unpaired) electrons. The summed E-state index contributed by atoms with van der Waals surface area (Å²) < 4.78 is 0. The van der Waals surface area contributed by atoms with Gasteiger partial charge in [-0.15, -0.1) is 0 Å². The molecule has 0 aliphatic rings. The van der Waals surface area contributed by atoms with Gasteiger partial charge in [0.15, 0.2) is 0 Å². The summed E-state index contributed by atoms with van der Waals surface area (Å²) in [6, 6.07) is 0. The fourth-order valence-electron chi connectivity index (χ4n) is 0.791. The van der Waals surface area contributed by atoms with Crippen molar-refractivity contribution < 1.29 is 0 Å². The first kappa shape index (κ1) is 11.0. The molecule has 0 amide bonds. The maximum Gasteiger partial charge on any atom is 0.101 e. The summed E-state index contributed by atoms with van der Waals surface area (Å²) >= 11 is 0. The van der Waals surface area contributed by atoms with E-state index in [1.807, 2.05) is 20.9 Å². The van der Waals surface area contributed by atoms with Gasteiger partial charge in [0.25, 0.3) is 0 Å². The molecule has 2 N–H and O–H groups in total. The highest BCUT2D eigenvalue weighted by Crippen LogP contribution is 1.91. The van der Waals surface area contributed by atoms with Crippen molar-refractivity contribution in [3.63, 3.8) is 0 Å². The van der Waals surface area contributed by atoms with Crippen LogP contribution >= 0.6 is 0 Å². The highest BCUT2D eigenvalue weighted by Gasteiger charge is 1.95. The van der Waals surface area contributed by atoms with Crippen molar-refractivity contribution >= 4 is 5.84 Å². The van der Waals surface area contributed by atoms with E-state index in [1.54, 1.807) is 6.20 Å². The van der Waals surface area contributed by atoms with Gasteiger partial charge in [-0.3, -0.25) is 0 Å². The molecule has 3 nitrogen and oxygen atoms in total. The van der Waals surface area contributed by atoms with Crippen LogP contribution in [0.1, 0.15) is 27.2 Å². The van der Waals surface area contributed by atoms with Crippen LogP contribution in [0.5, 0.6) is 0 Å². The first-order valence-electron chi connectivity index (χ1n) is 4.25. The van der Waals surface area contributed by atoms with Gasteiger partial charge in [-0.25, -0.2) is 4.99 Å². The topological polar surface area (TPSA) is 41.6 Å². The largest absolute Gasteiger partial charge is 0.401 e. The lowest BCUT2D eigenvalue weighted by atomic mass is 10.4. The minimum atomic E-state index is 0.735. The summed E-state index contributed by atoms with van der Waals surface area (Å²) in [7, 11) is 2.03. The predicted molar refractivity (Wildman–Crippen MR) is 54.0 cm³/mol. The van der Waals surface area contributed by atoms with E-state index < -0.39 is 0 Å². The normalized spacial score (nSPS) is 13.3. The Morgan fingerprint density at radius 1 is 1.50 bits per heavy atom. The molecule has 0 heterocycles. The summed E-state index contributed by atoms with van der Waals surface area (Å²) in [5, 5.41) is 0. The molecule has 0 aromatic heterocycles. The molecular weight excluding hydrogens is 150 g/mol. The van der Waals surface area contributed by atoms with Crippen LogP contribution in [-0.2, 0) is 0 Å². The molecule has 0 saturated heterocycles. The van der Waals surface area contributed by atoms with E-state index >= 15 is 0 Å². The van der Waals surface area contributed by atoms with Gasteiger partial charge >= 0.3 is 0 Å². The van der Waals surface area contributed by atoms with Gasteiger partial charge in [-0.2, -0.15) is 0 Å². The van der Waals surface area contributed by atoms with Gasteiger partial charge in [0, 0.05) is 25.5 Å².